The van der Waals surface area contributed by atoms with Gasteiger partial charge in [-0.15, -0.1) is 0 Å². The molecule has 0 saturated carbocycles. The molecule has 154 valence electrons. The number of carbonyl (C=O) groups excluding carboxylic acids is 3. The molecule has 0 saturated heterocycles. The van der Waals surface area contributed by atoms with Crippen molar-refractivity contribution in [3.63, 3.8) is 0 Å². The quantitative estimate of drug-likeness (QED) is 0.610. The molecule has 2 aromatic rings. The fourth-order valence-electron chi connectivity index (χ4n) is 2.33. The number of hydrogen-bond acceptors (Lipinski definition) is 7. The number of methoxy groups -OCH3 is 1. The number of ether oxygens (including phenoxy) is 4. The van der Waals surface area contributed by atoms with Crippen molar-refractivity contribution in [3.05, 3.63) is 54.1 Å². The van der Waals surface area contributed by atoms with E-state index in [1.165, 1.54) is 13.2 Å². The number of imide groups is 1. The molecule has 8 nitrogen and oxygen atoms in total. The van der Waals surface area contributed by atoms with Crippen LogP contribution in [0.4, 0.5) is 0 Å². The Labute approximate surface area is 168 Å². The van der Waals surface area contributed by atoms with Gasteiger partial charge in [0.2, 0.25) is 0 Å². The maximum absolute atomic E-state index is 12.1. The number of hydrogen-bond donors (Lipinski definition) is 1. The van der Waals surface area contributed by atoms with Gasteiger partial charge in [0.1, 0.15) is 17.2 Å². The molecule has 1 N–H and O–H groups in total. The lowest BCUT2D eigenvalue weighted by atomic mass is 10.2. The van der Waals surface area contributed by atoms with E-state index in [4.69, 9.17) is 18.9 Å². The monoisotopic (exact) mass is 401 g/mol. The van der Waals surface area contributed by atoms with Crippen molar-refractivity contribution in [2.24, 2.45) is 0 Å². The molecule has 2 aromatic carbocycles. The molecule has 0 aromatic heterocycles. The van der Waals surface area contributed by atoms with Gasteiger partial charge >= 0.3 is 5.97 Å². The Balaban J connectivity index is 1.69. The summed E-state index contributed by atoms with van der Waals surface area (Å²) in [6, 6.07) is 13.5. The molecule has 8 heteroatoms. The maximum atomic E-state index is 12.1. The predicted octanol–water partition coefficient (Wildman–Crippen LogP) is 2.36. The summed E-state index contributed by atoms with van der Waals surface area (Å²) in [5, 5.41) is 2.15. The summed E-state index contributed by atoms with van der Waals surface area (Å²) in [5.41, 5.74) is 0.207. The van der Waals surface area contributed by atoms with Gasteiger partial charge in [-0.1, -0.05) is 12.1 Å². The fraction of sp³-hybridized carbons (Fsp3) is 0.286. The highest BCUT2D eigenvalue weighted by atomic mass is 16.5. The molecule has 0 bridgehead atoms. The number of carbonyl (C=O) groups is 3. The predicted molar refractivity (Wildman–Crippen MR) is 104 cm³/mol. The average Bonchev–Trinajstić information content (AvgIpc) is 2.73. The topological polar surface area (TPSA) is 100 Å². The zero-order chi connectivity index (χ0) is 21.1. The lowest BCUT2D eigenvalue weighted by molar-refractivity contribution is -0.148. The van der Waals surface area contributed by atoms with Crippen LogP contribution in [0, 0.1) is 0 Å². The minimum absolute atomic E-state index is 0.0407. The van der Waals surface area contributed by atoms with Crippen molar-refractivity contribution in [1.29, 1.82) is 0 Å². The number of benzene rings is 2. The molecule has 0 aliphatic rings. The molecule has 0 spiro atoms. The first kappa shape index (κ1) is 21.7. The standard InChI is InChI=1S/C21H23NO7/c1-3-27-15-8-10-16(11-9-15)28-13-12-20(24)29-14-19(23)22-21(25)17-6-4-5-7-18(17)26-2/h4-11H,3,12-14H2,1-2H3,(H,22,23,25). The normalized spacial score (nSPS) is 10.0. The van der Waals surface area contributed by atoms with Gasteiger partial charge in [0, 0.05) is 0 Å². The molecule has 0 aliphatic carbocycles. The van der Waals surface area contributed by atoms with Crippen LogP contribution in [-0.2, 0) is 14.3 Å². The SMILES string of the molecule is CCOc1ccc(OCCC(=O)OCC(=O)NC(=O)c2ccccc2OC)cc1. The van der Waals surface area contributed by atoms with Crippen molar-refractivity contribution in [2.75, 3.05) is 26.9 Å². The smallest absolute Gasteiger partial charge is 0.309 e. The van der Waals surface area contributed by atoms with Crippen molar-refractivity contribution in [3.8, 4) is 17.2 Å². The fourth-order valence-corrected chi connectivity index (χ4v) is 2.33. The maximum Gasteiger partial charge on any atom is 0.309 e. The molecular weight excluding hydrogens is 378 g/mol. The minimum atomic E-state index is -0.735. The second-order valence-electron chi connectivity index (χ2n) is 5.74. The third-order valence-electron chi connectivity index (χ3n) is 3.68. The van der Waals surface area contributed by atoms with Crippen molar-refractivity contribution >= 4 is 17.8 Å². The van der Waals surface area contributed by atoms with Crippen LogP contribution < -0.4 is 19.5 Å². The summed E-state index contributed by atoms with van der Waals surface area (Å²) < 4.78 is 20.7. The zero-order valence-electron chi connectivity index (χ0n) is 16.3. The van der Waals surface area contributed by atoms with Gasteiger partial charge < -0.3 is 18.9 Å². The Morgan fingerprint density at radius 3 is 2.24 bits per heavy atom. The molecule has 0 heterocycles. The van der Waals surface area contributed by atoms with E-state index >= 15 is 0 Å². The summed E-state index contributed by atoms with van der Waals surface area (Å²) in [4.78, 5) is 35.6. The van der Waals surface area contributed by atoms with Gasteiger partial charge in [0.05, 0.1) is 32.3 Å². The van der Waals surface area contributed by atoms with Gasteiger partial charge in [0.25, 0.3) is 11.8 Å². The van der Waals surface area contributed by atoms with E-state index in [9.17, 15) is 14.4 Å². The van der Waals surface area contributed by atoms with Crippen LogP contribution in [0.3, 0.4) is 0 Å². The molecule has 0 atom stereocenters. The van der Waals surface area contributed by atoms with Crippen LogP contribution in [0.5, 0.6) is 17.2 Å². The molecule has 0 aliphatic heterocycles. The number of nitrogens with one attached hydrogen (secondary N) is 1. The Bertz CT molecular complexity index is 833. The number of amides is 2. The van der Waals surface area contributed by atoms with Gasteiger partial charge in [-0.05, 0) is 43.3 Å². The summed E-state index contributed by atoms with van der Waals surface area (Å²) in [6.45, 7) is 1.99. The van der Waals surface area contributed by atoms with Crippen LogP contribution in [-0.4, -0.2) is 44.7 Å². The lowest BCUT2D eigenvalue weighted by Gasteiger charge is -2.09. The van der Waals surface area contributed by atoms with Gasteiger partial charge in [-0.25, -0.2) is 0 Å². The van der Waals surface area contributed by atoms with Gasteiger partial charge in [-0.3, -0.25) is 19.7 Å². The van der Waals surface area contributed by atoms with Crippen molar-refractivity contribution < 1.29 is 33.3 Å². The van der Waals surface area contributed by atoms with Crippen molar-refractivity contribution in [2.45, 2.75) is 13.3 Å². The second kappa shape index (κ2) is 11.3. The van der Waals surface area contributed by atoms with Crippen LogP contribution in [0.1, 0.15) is 23.7 Å². The van der Waals surface area contributed by atoms with E-state index in [-0.39, 0.29) is 18.6 Å². The summed E-state index contributed by atoms with van der Waals surface area (Å²) in [7, 11) is 1.42. The molecule has 2 rings (SSSR count). The van der Waals surface area contributed by atoms with Crippen LogP contribution in [0.25, 0.3) is 0 Å². The van der Waals surface area contributed by atoms with E-state index in [2.05, 4.69) is 5.32 Å². The van der Waals surface area contributed by atoms with Gasteiger partial charge in [-0.2, -0.15) is 0 Å². The summed E-state index contributed by atoms with van der Waals surface area (Å²) in [5.74, 6) is -0.338. The highest BCUT2D eigenvalue weighted by Crippen LogP contribution is 2.18. The minimum Gasteiger partial charge on any atom is -0.496 e. The number of rotatable bonds is 10. The van der Waals surface area contributed by atoms with E-state index in [0.29, 0.717) is 18.1 Å². The molecule has 0 fully saturated rings. The highest BCUT2D eigenvalue weighted by Gasteiger charge is 2.16. The zero-order valence-corrected chi connectivity index (χ0v) is 16.3. The van der Waals surface area contributed by atoms with E-state index in [1.807, 2.05) is 6.92 Å². The second-order valence-corrected chi connectivity index (χ2v) is 5.74. The Morgan fingerprint density at radius 1 is 0.931 bits per heavy atom. The molecule has 29 heavy (non-hydrogen) atoms. The highest BCUT2D eigenvalue weighted by molar-refractivity contribution is 6.06. The first-order chi connectivity index (χ1) is 14.0. The number of esters is 1. The van der Waals surface area contributed by atoms with Crippen LogP contribution in [0.15, 0.2) is 48.5 Å². The molecule has 0 radical (unpaired) electrons. The molecular formula is C21H23NO7. The Morgan fingerprint density at radius 2 is 1.59 bits per heavy atom. The Hall–Kier alpha value is -3.55. The lowest BCUT2D eigenvalue weighted by Crippen LogP contribution is -2.34. The summed E-state index contributed by atoms with van der Waals surface area (Å²) >= 11 is 0. The van der Waals surface area contributed by atoms with E-state index in [1.54, 1.807) is 42.5 Å². The summed E-state index contributed by atoms with van der Waals surface area (Å²) in [6.07, 6.45) is -0.0407. The third kappa shape index (κ3) is 7.17. The average molecular weight is 401 g/mol. The van der Waals surface area contributed by atoms with Gasteiger partial charge in [0.15, 0.2) is 6.61 Å². The van der Waals surface area contributed by atoms with E-state index in [0.717, 1.165) is 5.75 Å². The number of para-hydroxylation sites is 1. The first-order valence-electron chi connectivity index (χ1n) is 9.02. The van der Waals surface area contributed by atoms with Crippen LogP contribution >= 0.6 is 0 Å². The Kier molecular flexibility index (Phi) is 8.50. The molecule has 2 amide bonds. The van der Waals surface area contributed by atoms with E-state index < -0.39 is 24.4 Å². The largest absolute Gasteiger partial charge is 0.496 e. The van der Waals surface area contributed by atoms with Crippen molar-refractivity contribution in [1.82, 2.24) is 5.32 Å². The first-order valence-corrected chi connectivity index (χ1v) is 9.02. The third-order valence-corrected chi connectivity index (χ3v) is 3.68. The van der Waals surface area contributed by atoms with Crippen LogP contribution in [0.2, 0.25) is 0 Å². The molecule has 0 unspecified atom stereocenters.